The first kappa shape index (κ1) is 13.0. The number of hydrogen-bond acceptors (Lipinski definition) is 3. The summed E-state index contributed by atoms with van der Waals surface area (Å²) < 4.78 is 12.3. The molecule has 0 saturated heterocycles. The van der Waals surface area contributed by atoms with E-state index in [4.69, 9.17) is 9.47 Å². The molecule has 2 bridgehead atoms. The van der Waals surface area contributed by atoms with Crippen LogP contribution >= 0.6 is 15.9 Å². The summed E-state index contributed by atoms with van der Waals surface area (Å²) in [5.41, 5.74) is 1.27. The van der Waals surface area contributed by atoms with Crippen molar-refractivity contribution in [3.05, 3.63) is 22.2 Å². The number of ether oxygens (including phenoxy) is 2. The minimum atomic E-state index is 0.633. The summed E-state index contributed by atoms with van der Waals surface area (Å²) in [7, 11) is 0. The van der Waals surface area contributed by atoms with Gasteiger partial charge in [-0.1, -0.05) is 6.42 Å². The quantitative estimate of drug-likeness (QED) is 0.915. The summed E-state index contributed by atoms with van der Waals surface area (Å²) in [5, 5.41) is 3.75. The molecule has 3 atom stereocenters. The molecule has 3 unspecified atom stereocenters. The summed E-state index contributed by atoms with van der Waals surface area (Å²) in [5.74, 6) is 3.63. The van der Waals surface area contributed by atoms with Gasteiger partial charge < -0.3 is 14.8 Å². The maximum Gasteiger partial charge on any atom is 0.175 e. The van der Waals surface area contributed by atoms with Gasteiger partial charge in [-0.3, -0.25) is 0 Å². The van der Waals surface area contributed by atoms with Gasteiger partial charge in [0.25, 0.3) is 0 Å². The van der Waals surface area contributed by atoms with Crippen LogP contribution in [-0.2, 0) is 6.54 Å². The van der Waals surface area contributed by atoms with Gasteiger partial charge in [-0.05, 0) is 64.7 Å². The zero-order valence-corrected chi connectivity index (χ0v) is 13.1. The van der Waals surface area contributed by atoms with E-state index in [0.29, 0.717) is 13.2 Å². The van der Waals surface area contributed by atoms with Gasteiger partial charge in [0.15, 0.2) is 11.5 Å². The lowest BCUT2D eigenvalue weighted by atomic mass is 9.95. The zero-order valence-electron chi connectivity index (χ0n) is 11.5. The average Bonchev–Trinajstić information content (AvgIpc) is 3.08. The predicted octanol–water partition coefficient (Wildman–Crippen LogP) is 3.50. The SMILES string of the molecule is Brc1cc(CNC2CC3CCC2C3)cc2c1OCCO2. The fourth-order valence-corrected chi connectivity index (χ4v) is 4.61. The van der Waals surface area contributed by atoms with E-state index in [1.54, 1.807) is 0 Å². The molecule has 1 aromatic carbocycles. The van der Waals surface area contributed by atoms with Crippen LogP contribution in [0.4, 0.5) is 0 Å². The monoisotopic (exact) mass is 337 g/mol. The standard InChI is InChI=1S/C16H20BrNO2/c17-13-6-11(8-15-16(13)20-4-3-19-15)9-18-14-7-10-1-2-12(14)5-10/h6,8,10,12,14,18H,1-5,7,9H2. The molecule has 4 rings (SSSR count). The Morgan fingerprint density at radius 1 is 1.15 bits per heavy atom. The van der Waals surface area contributed by atoms with Crippen LogP contribution in [0, 0.1) is 11.8 Å². The highest BCUT2D eigenvalue weighted by atomic mass is 79.9. The first-order valence-corrected chi connectivity index (χ1v) is 8.40. The Hall–Kier alpha value is -0.740. The second kappa shape index (κ2) is 5.23. The molecule has 0 aromatic heterocycles. The summed E-state index contributed by atoms with van der Waals surface area (Å²) in [6.45, 7) is 2.19. The van der Waals surface area contributed by atoms with Crippen LogP contribution in [0.25, 0.3) is 0 Å². The molecule has 1 heterocycles. The van der Waals surface area contributed by atoms with Crippen LogP contribution in [0.3, 0.4) is 0 Å². The number of halogens is 1. The van der Waals surface area contributed by atoms with Gasteiger partial charge in [-0.15, -0.1) is 0 Å². The number of rotatable bonds is 3. The fraction of sp³-hybridized carbons (Fsp3) is 0.625. The average molecular weight is 338 g/mol. The van der Waals surface area contributed by atoms with Crippen molar-refractivity contribution >= 4 is 15.9 Å². The molecule has 0 spiro atoms. The van der Waals surface area contributed by atoms with Gasteiger partial charge in [0.05, 0.1) is 4.47 Å². The van der Waals surface area contributed by atoms with Crippen molar-refractivity contribution in [2.75, 3.05) is 13.2 Å². The molecule has 20 heavy (non-hydrogen) atoms. The van der Waals surface area contributed by atoms with Crippen LogP contribution in [0.2, 0.25) is 0 Å². The van der Waals surface area contributed by atoms with Gasteiger partial charge in [0, 0.05) is 12.6 Å². The number of benzene rings is 1. The van der Waals surface area contributed by atoms with Crippen molar-refractivity contribution in [3.63, 3.8) is 0 Å². The van der Waals surface area contributed by atoms with Crippen LogP contribution in [0.1, 0.15) is 31.2 Å². The van der Waals surface area contributed by atoms with Gasteiger partial charge in [-0.25, -0.2) is 0 Å². The number of fused-ring (bicyclic) bond motifs is 3. The third-order valence-corrected chi connectivity index (χ3v) is 5.55. The van der Waals surface area contributed by atoms with Crippen molar-refractivity contribution in [2.24, 2.45) is 11.8 Å². The van der Waals surface area contributed by atoms with Crippen LogP contribution in [0.5, 0.6) is 11.5 Å². The van der Waals surface area contributed by atoms with E-state index >= 15 is 0 Å². The number of nitrogens with one attached hydrogen (secondary N) is 1. The second-order valence-corrected chi connectivity index (χ2v) is 7.12. The van der Waals surface area contributed by atoms with Crippen molar-refractivity contribution in [1.29, 1.82) is 0 Å². The lowest BCUT2D eigenvalue weighted by Crippen LogP contribution is -2.33. The lowest BCUT2D eigenvalue weighted by molar-refractivity contribution is 0.170. The largest absolute Gasteiger partial charge is 0.486 e. The Bertz CT molecular complexity index is 519. The molecular weight excluding hydrogens is 318 g/mol. The van der Waals surface area contributed by atoms with E-state index in [1.165, 1.54) is 31.2 Å². The highest BCUT2D eigenvalue weighted by Gasteiger charge is 2.39. The molecule has 4 heteroatoms. The summed E-state index contributed by atoms with van der Waals surface area (Å²) in [6.07, 6.45) is 5.70. The molecule has 2 saturated carbocycles. The molecule has 1 aliphatic heterocycles. The molecule has 2 aliphatic carbocycles. The van der Waals surface area contributed by atoms with Crippen molar-refractivity contribution in [1.82, 2.24) is 5.32 Å². The predicted molar refractivity (Wildman–Crippen MR) is 81.2 cm³/mol. The van der Waals surface area contributed by atoms with Gasteiger partial charge in [0.1, 0.15) is 13.2 Å². The first-order valence-electron chi connectivity index (χ1n) is 7.61. The van der Waals surface area contributed by atoms with Crippen molar-refractivity contribution in [2.45, 2.75) is 38.3 Å². The van der Waals surface area contributed by atoms with Crippen LogP contribution in [-0.4, -0.2) is 19.3 Å². The minimum Gasteiger partial charge on any atom is -0.486 e. The molecular formula is C16H20BrNO2. The third kappa shape index (κ3) is 2.33. The van der Waals surface area contributed by atoms with Gasteiger partial charge in [-0.2, -0.15) is 0 Å². The minimum absolute atomic E-state index is 0.633. The molecule has 108 valence electrons. The molecule has 3 nitrogen and oxygen atoms in total. The Balaban J connectivity index is 1.45. The number of hydrogen-bond donors (Lipinski definition) is 1. The Morgan fingerprint density at radius 2 is 2.05 bits per heavy atom. The van der Waals surface area contributed by atoms with Crippen molar-refractivity contribution < 1.29 is 9.47 Å². The van der Waals surface area contributed by atoms with E-state index in [1.807, 2.05) is 0 Å². The van der Waals surface area contributed by atoms with Crippen molar-refractivity contribution in [3.8, 4) is 11.5 Å². The normalized spacial score (nSPS) is 30.8. The Morgan fingerprint density at radius 3 is 2.85 bits per heavy atom. The third-order valence-electron chi connectivity index (χ3n) is 4.96. The summed E-state index contributed by atoms with van der Waals surface area (Å²) >= 11 is 3.59. The van der Waals surface area contributed by atoms with Crippen LogP contribution < -0.4 is 14.8 Å². The van der Waals surface area contributed by atoms with Crippen LogP contribution in [0.15, 0.2) is 16.6 Å². The fourth-order valence-electron chi connectivity index (χ4n) is 4.01. The lowest BCUT2D eigenvalue weighted by Gasteiger charge is -2.24. The molecule has 1 N–H and O–H groups in total. The van der Waals surface area contributed by atoms with Gasteiger partial charge in [0.2, 0.25) is 0 Å². The van der Waals surface area contributed by atoms with E-state index in [-0.39, 0.29) is 0 Å². The molecule has 1 aromatic rings. The zero-order chi connectivity index (χ0) is 13.5. The van der Waals surface area contributed by atoms with E-state index in [9.17, 15) is 0 Å². The summed E-state index contributed by atoms with van der Waals surface area (Å²) in [6, 6.07) is 4.98. The maximum atomic E-state index is 5.68. The Kier molecular flexibility index (Phi) is 3.39. The molecule has 3 aliphatic rings. The molecule has 2 fully saturated rings. The first-order chi connectivity index (χ1) is 9.79. The molecule has 0 amide bonds. The highest BCUT2D eigenvalue weighted by molar-refractivity contribution is 9.10. The van der Waals surface area contributed by atoms with Gasteiger partial charge >= 0.3 is 0 Å². The Labute approximate surface area is 128 Å². The van der Waals surface area contributed by atoms with E-state index < -0.39 is 0 Å². The summed E-state index contributed by atoms with van der Waals surface area (Å²) in [4.78, 5) is 0. The molecule has 0 radical (unpaired) electrons. The highest BCUT2D eigenvalue weighted by Crippen LogP contribution is 2.44. The second-order valence-electron chi connectivity index (χ2n) is 6.26. The maximum absolute atomic E-state index is 5.68. The van der Waals surface area contributed by atoms with E-state index in [0.717, 1.165) is 40.4 Å². The van der Waals surface area contributed by atoms with E-state index in [2.05, 4.69) is 33.4 Å². The topological polar surface area (TPSA) is 30.5 Å². The smallest absolute Gasteiger partial charge is 0.175 e.